The number of hydrogen-bond acceptors (Lipinski definition) is 2. The maximum absolute atomic E-state index is 8.96. The summed E-state index contributed by atoms with van der Waals surface area (Å²) < 4.78 is 0.520. The summed E-state index contributed by atoms with van der Waals surface area (Å²) in [5, 5.41) is 17.8. The van der Waals surface area contributed by atoms with Crippen LogP contribution in [0.2, 0.25) is 0 Å². The van der Waals surface area contributed by atoms with Crippen LogP contribution < -0.4 is 0 Å². The van der Waals surface area contributed by atoms with E-state index in [1.807, 2.05) is 6.92 Å². The number of aliphatic hydroxyl groups excluding tert-OH is 2. The summed E-state index contributed by atoms with van der Waals surface area (Å²) in [7, 11) is 0. The van der Waals surface area contributed by atoms with Gasteiger partial charge in [-0.05, 0) is 28.9 Å². The molecule has 0 bridgehead atoms. The van der Waals surface area contributed by atoms with E-state index in [1.165, 1.54) is 6.08 Å². The SMILES string of the molecule is CC/C(O)=C\C(Br)=C(/C)O. The largest absolute Gasteiger partial charge is 0.512 e. The third-order valence-corrected chi connectivity index (χ3v) is 1.80. The second kappa shape index (κ2) is 4.39. The Kier molecular flexibility index (Phi) is 4.19. The van der Waals surface area contributed by atoms with Gasteiger partial charge >= 0.3 is 0 Å². The van der Waals surface area contributed by atoms with Crippen molar-refractivity contribution < 1.29 is 10.2 Å². The number of aliphatic hydroxyl groups is 2. The molecule has 0 saturated heterocycles. The number of halogens is 1. The van der Waals surface area contributed by atoms with Crippen molar-refractivity contribution in [2.75, 3.05) is 0 Å². The van der Waals surface area contributed by atoms with Crippen LogP contribution in [0.1, 0.15) is 20.3 Å². The second-order valence-corrected chi connectivity index (χ2v) is 2.78. The lowest BCUT2D eigenvalue weighted by Gasteiger charge is -1.94. The summed E-state index contributed by atoms with van der Waals surface area (Å²) in [5.41, 5.74) is 0. The highest BCUT2D eigenvalue weighted by Crippen LogP contribution is 2.13. The average Bonchev–Trinajstić information content (AvgIpc) is 1.87. The average molecular weight is 207 g/mol. The molecule has 3 heteroatoms. The van der Waals surface area contributed by atoms with Crippen LogP contribution in [-0.2, 0) is 0 Å². The molecule has 0 fully saturated rings. The molecule has 0 unspecified atom stereocenters. The normalized spacial score (nSPS) is 14.9. The molecular formula is C7H11BrO2. The molecular weight excluding hydrogens is 196 g/mol. The predicted octanol–water partition coefficient (Wildman–Crippen LogP) is 3.02. The molecule has 2 N–H and O–H groups in total. The summed E-state index contributed by atoms with van der Waals surface area (Å²) in [5.74, 6) is 0.417. The van der Waals surface area contributed by atoms with Gasteiger partial charge in [-0.15, -0.1) is 0 Å². The molecule has 58 valence electrons. The lowest BCUT2D eigenvalue weighted by Crippen LogP contribution is -1.79. The third-order valence-electron chi connectivity index (χ3n) is 1.00. The van der Waals surface area contributed by atoms with Crippen LogP contribution in [0.3, 0.4) is 0 Å². The van der Waals surface area contributed by atoms with Crippen LogP contribution in [0.15, 0.2) is 22.1 Å². The number of rotatable bonds is 2. The van der Waals surface area contributed by atoms with Gasteiger partial charge in [0.25, 0.3) is 0 Å². The molecule has 0 atom stereocenters. The molecule has 2 nitrogen and oxygen atoms in total. The Labute approximate surface area is 69.0 Å². The molecule has 0 aromatic carbocycles. The monoisotopic (exact) mass is 206 g/mol. The molecule has 0 amide bonds. The summed E-state index contributed by atoms with van der Waals surface area (Å²) in [6, 6.07) is 0. The van der Waals surface area contributed by atoms with Gasteiger partial charge in [0.1, 0.15) is 5.76 Å². The molecule has 0 radical (unpaired) electrons. The summed E-state index contributed by atoms with van der Waals surface area (Å²) in [6.45, 7) is 3.38. The molecule has 0 heterocycles. The zero-order valence-electron chi connectivity index (χ0n) is 6.06. The second-order valence-electron chi connectivity index (χ2n) is 1.92. The van der Waals surface area contributed by atoms with E-state index in [4.69, 9.17) is 10.2 Å². The Hall–Kier alpha value is -0.440. The first kappa shape index (κ1) is 9.56. The lowest BCUT2D eigenvalue weighted by molar-refractivity contribution is 0.391. The van der Waals surface area contributed by atoms with Gasteiger partial charge in [0.05, 0.1) is 10.2 Å². The maximum atomic E-state index is 8.96. The van der Waals surface area contributed by atoms with Crippen molar-refractivity contribution in [2.24, 2.45) is 0 Å². The van der Waals surface area contributed by atoms with Gasteiger partial charge < -0.3 is 10.2 Å². The highest BCUT2D eigenvalue weighted by Gasteiger charge is 1.93. The first-order valence-corrected chi connectivity index (χ1v) is 3.82. The van der Waals surface area contributed by atoms with Crippen molar-refractivity contribution in [3.05, 3.63) is 22.1 Å². The van der Waals surface area contributed by atoms with Crippen molar-refractivity contribution in [3.63, 3.8) is 0 Å². The molecule has 0 spiro atoms. The van der Waals surface area contributed by atoms with Gasteiger partial charge in [-0.3, -0.25) is 0 Å². The Morgan fingerprint density at radius 1 is 1.50 bits per heavy atom. The van der Waals surface area contributed by atoms with E-state index in [2.05, 4.69) is 15.9 Å². The fourth-order valence-electron chi connectivity index (χ4n) is 0.353. The van der Waals surface area contributed by atoms with E-state index in [0.29, 0.717) is 10.9 Å². The Balaban J connectivity index is 4.27. The maximum Gasteiger partial charge on any atom is 0.103 e. The molecule has 0 aromatic heterocycles. The quantitative estimate of drug-likeness (QED) is 0.539. The van der Waals surface area contributed by atoms with E-state index in [9.17, 15) is 0 Å². The Morgan fingerprint density at radius 2 is 2.00 bits per heavy atom. The fraction of sp³-hybridized carbons (Fsp3) is 0.429. The van der Waals surface area contributed by atoms with Crippen molar-refractivity contribution in [1.29, 1.82) is 0 Å². The minimum atomic E-state index is 0.167. The Bertz CT molecular complexity index is 166. The van der Waals surface area contributed by atoms with Crippen molar-refractivity contribution >= 4 is 15.9 Å². The highest BCUT2D eigenvalue weighted by molar-refractivity contribution is 9.11. The summed E-state index contributed by atoms with van der Waals surface area (Å²) >= 11 is 3.08. The minimum absolute atomic E-state index is 0.167. The topological polar surface area (TPSA) is 40.5 Å². The zero-order chi connectivity index (χ0) is 8.15. The molecule has 0 aliphatic rings. The van der Waals surface area contributed by atoms with Gasteiger partial charge in [-0.25, -0.2) is 0 Å². The van der Waals surface area contributed by atoms with Crippen LogP contribution in [0, 0.1) is 0 Å². The molecule has 0 aliphatic carbocycles. The predicted molar refractivity (Wildman–Crippen MR) is 45.3 cm³/mol. The first-order chi connectivity index (χ1) is 4.57. The zero-order valence-corrected chi connectivity index (χ0v) is 7.64. The van der Waals surface area contributed by atoms with E-state index < -0.39 is 0 Å². The molecule has 0 saturated carbocycles. The van der Waals surface area contributed by atoms with E-state index >= 15 is 0 Å². The van der Waals surface area contributed by atoms with Gasteiger partial charge in [0.2, 0.25) is 0 Å². The van der Waals surface area contributed by atoms with Gasteiger partial charge in [-0.1, -0.05) is 6.92 Å². The van der Waals surface area contributed by atoms with Gasteiger partial charge in [0, 0.05) is 6.42 Å². The fourth-order valence-corrected chi connectivity index (χ4v) is 0.617. The van der Waals surface area contributed by atoms with Crippen molar-refractivity contribution in [1.82, 2.24) is 0 Å². The molecule has 0 aliphatic heterocycles. The van der Waals surface area contributed by atoms with Crippen LogP contribution in [0.5, 0.6) is 0 Å². The highest BCUT2D eigenvalue weighted by atomic mass is 79.9. The molecule has 0 rings (SSSR count). The van der Waals surface area contributed by atoms with E-state index in [1.54, 1.807) is 6.92 Å². The summed E-state index contributed by atoms with van der Waals surface area (Å²) in [4.78, 5) is 0. The van der Waals surface area contributed by atoms with Crippen LogP contribution >= 0.6 is 15.9 Å². The molecule has 10 heavy (non-hydrogen) atoms. The van der Waals surface area contributed by atoms with Crippen molar-refractivity contribution in [2.45, 2.75) is 20.3 Å². The lowest BCUT2D eigenvalue weighted by atomic mass is 10.3. The number of allylic oxidation sites excluding steroid dienone is 4. The van der Waals surface area contributed by atoms with Gasteiger partial charge in [-0.2, -0.15) is 0 Å². The third kappa shape index (κ3) is 3.56. The van der Waals surface area contributed by atoms with E-state index in [-0.39, 0.29) is 11.5 Å². The standard InChI is InChI=1S/C7H11BrO2/c1-3-6(10)4-7(8)5(2)9/h4,9-10H,3H2,1-2H3/b6-4+,7-5-. The smallest absolute Gasteiger partial charge is 0.103 e. The van der Waals surface area contributed by atoms with Crippen LogP contribution in [-0.4, -0.2) is 10.2 Å². The Morgan fingerprint density at radius 3 is 2.30 bits per heavy atom. The van der Waals surface area contributed by atoms with Crippen LogP contribution in [0.25, 0.3) is 0 Å². The van der Waals surface area contributed by atoms with Crippen LogP contribution in [0.4, 0.5) is 0 Å². The number of hydrogen-bond donors (Lipinski definition) is 2. The van der Waals surface area contributed by atoms with Gasteiger partial charge in [0.15, 0.2) is 0 Å². The summed E-state index contributed by atoms with van der Waals surface area (Å²) in [6.07, 6.45) is 2.05. The molecule has 0 aromatic rings. The van der Waals surface area contributed by atoms with E-state index in [0.717, 1.165) is 0 Å². The minimum Gasteiger partial charge on any atom is -0.512 e. The first-order valence-electron chi connectivity index (χ1n) is 3.02. The van der Waals surface area contributed by atoms with Crippen molar-refractivity contribution in [3.8, 4) is 0 Å².